The predicted octanol–water partition coefficient (Wildman–Crippen LogP) is 1.78. The number of urea groups is 1. The molecular formula is C17H27N3O3. The predicted molar refractivity (Wildman–Crippen MR) is 87.0 cm³/mol. The fourth-order valence-electron chi connectivity index (χ4n) is 3.91. The third kappa shape index (κ3) is 3.70. The van der Waals surface area contributed by atoms with Crippen molar-refractivity contribution >= 4 is 6.03 Å². The summed E-state index contributed by atoms with van der Waals surface area (Å²) in [5.74, 6) is 1.29. The van der Waals surface area contributed by atoms with Crippen molar-refractivity contribution in [2.75, 3.05) is 46.9 Å². The second-order valence-corrected chi connectivity index (χ2v) is 7.05. The highest BCUT2D eigenvalue weighted by Crippen LogP contribution is 2.44. The molecule has 0 radical (unpaired) electrons. The molecule has 2 amide bonds. The minimum Gasteiger partial charge on any atom is -0.467 e. The summed E-state index contributed by atoms with van der Waals surface area (Å²) in [6, 6.07) is 3.72. The Hall–Kier alpha value is -1.53. The summed E-state index contributed by atoms with van der Waals surface area (Å²) in [5, 5.41) is 2.97. The van der Waals surface area contributed by atoms with Gasteiger partial charge in [-0.2, -0.15) is 0 Å². The lowest BCUT2D eigenvalue weighted by molar-refractivity contribution is -0.00396. The molecule has 1 aromatic rings. The fraction of sp³-hybridized carbons (Fsp3) is 0.706. The third-order valence-corrected chi connectivity index (χ3v) is 5.17. The summed E-state index contributed by atoms with van der Waals surface area (Å²) in [4.78, 5) is 16.7. The summed E-state index contributed by atoms with van der Waals surface area (Å²) in [6.45, 7) is 4.73. The maximum atomic E-state index is 12.5. The van der Waals surface area contributed by atoms with Gasteiger partial charge in [0.25, 0.3) is 0 Å². The molecule has 0 aromatic carbocycles. The Balaban J connectivity index is 1.62. The zero-order chi connectivity index (χ0) is 16.3. The summed E-state index contributed by atoms with van der Waals surface area (Å²) in [5.41, 5.74) is 0.213. The molecule has 2 aliphatic heterocycles. The van der Waals surface area contributed by atoms with E-state index in [1.54, 1.807) is 6.26 Å². The van der Waals surface area contributed by atoms with Gasteiger partial charge in [-0.05, 0) is 50.4 Å². The van der Waals surface area contributed by atoms with Gasteiger partial charge in [-0.3, -0.25) is 0 Å². The van der Waals surface area contributed by atoms with Crippen molar-refractivity contribution in [3.05, 3.63) is 24.2 Å². The highest BCUT2D eigenvalue weighted by atomic mass is 16.5. The van der Waals surface area contributed by atoms with Crippen LogP contribution in [0.4, 0.5) is 4.79 Å². The molecule has 1 atom stereocenters. The molecule has 6 nitrogen and oxygen atoms in total. The van der Waals surface area contributed by atoms with Crippen molar-refractivity contribution in [2.45, 2.75) is 19.4 Å². The van der Waals surface area contributed by atoms with E-state index in [0.717, 1.165) is 51.4 Å². The molecule has 3 rings (SSSR count). The van der Waals surface area contributed by atoms with E-state index in [1.165, 1.54) is 0 Å². The standard InChI is InChI=1S/C17H27N3O3/c1-19(2)11-14-12-20(13-17(14)5-8-22-9-6-17)16(21)18-10-15-4-3-7-23-15/h3-4,7,14H,5-6,8-13H2,1-2H3,(H,18,21). The van der Waals surface area contributed by atoms with Crippen LogP contribution in [-0.2, 0) is 11.3 Å². The molecule has 2 fully saturated rings. The summed E-state index contributed by atoms with van der Waals surface area (Å²) in [6.07, 6.45) is 3.72. The highest BCUT2D eigenvalue weighted by Gasteiger charge is 2.48. The molecule has 1 N–H and O–H groups in total. The first-order chi connectivity index (χ1) is 11.1. The SMILES string of the molecule is CN(C)CC1CN(C(=O)NCc2ccco2)CC12CCOCC2. The Morgan fingerprint density at radius 2 is 2.22 bits per heavy atom. The van der Waals surface area contributed by atoms with Crippen LogP contribution in [0.25, 0.3) is 0 Å². The summed E-state index contributed by atoms with van der Waals surface area (Å²) >= 11 is 0. The van der Waals surface area contributed by atoms with Gasteiger partial charge >= 0.3 is 6.03 Å². The second kappa shape index (κ2) is 6.93. The quantitative estimate of drug-likeness (QED) is 0.918. The smallest absolute Gasteiger partial charge is 0.317 e. The molecule has 0 saturated carbocycles. The number of likely N-dealkylation sites (tertiary alicyclic amines) is 1. The van der Waals surface area contributed by atoms with Crippen molar-refractivity contribution in [1.29, 1.82) is 0 Å². The van der Waals surface area contributed by atoms with Crippen LogP contribution in [0, 0.1) is 11.3 Å². The van der Waals surface area contributed by atoms with Crippen LogP contribution in [0.3, 0.4) is 0 Å². The molecule has 23 heavy (non-hydrogen) atoms. The van der Waals surface area contributed by atoms with Crippen molar-refractivity contribution in [3.63, 3.8) is 0 Å². The Labute approximate surface area is 137 Å². The van der Waals surface area contributed by atoms with Crippen LogP contribution in [0.1, 0.15) is 18.6 Å². The van der Waals surface area contributed by atoms with E-state index in [9.17, 15) is 4.79 Å². The fourth-order valence-corrected chi connectivity index (χ4v) is 3.91. The molecule has 128 valence electrons. The molecule has 6 heteroatoms. The third-order valence-electron chi connectivity index (χ3n) is 5.17. The van der Waals surface area contributed by atoms with Gasteiger partial charge in [0, 0.05) is 32.8 Å². The molecule has 1 spiro atoms. The number of carbonyl (C=O) groups is 1. The lowest BCUT2D eigenvalue weighted by Crippen LogP contribution is -2.41. The first kappa shape index (κ1) is 16.3. The van der Waals surface area contributed by atoms with Crippen molar-refractivity contribution in [3.8, 4) is 0 Å². The number of hydrogen-bond donors (Lipinski definition) is 1. The van der Waals surface area contributed by atoms with Crippen LogP contribution in [-0.4, -0.2) is 62.8 Å². The van der Waals surface area contributed by atoms with Crippen LogP contribution < -0.4 is 5.32 Å². The van der Waals surface area contributed by atoms with Crippen LogP contribution in [0.15, 0.2) is 22.8 Å². The largest absolute Gasteiger partial charge is 0.467 e. The van der Waals surface area contributed by atoms with Crippen LogP contribution >= 0.6 is 0 Å². The van der Waals surface area contributed by atoms with E-state index < -0.39 is 0 Å². The Kier molecular flexibility index (Phi) is 4.92. The lowest BCUT2D eigenvalue weighted by atomic mass is 9.72. The maximum Gasteiger partial charge on any atom is 0.317 e. The second-order valence-electron chi connectivity index (χ2n) is 7.05. The minimum absolute atomic E-state index is 0.00789. The van der Waals surface area contributed by atoms with Gasteiger partial charge in [-0.15, -0.1) is 0 Å². The zero-order valence-corrected chi connectivity index (χ0v) is 14.1. The number of amides is 2. The van der Waals surface area contributed by atoms with Gasteiger partial charge in [-0.1, -0.05) is 0 Å². The van der Waals surface area contributed by atoms with Crippen molar-refractivity contribution in [1.82, 2.24) is 15.1 Å². The number of rotatable bonds is 4. The molecule has 3 heterocycles. The molecular weight excluding hydrogens is 294 g/mol. The lowest BCUT2D eigenvalue weighted by Gasteiger charge is -2.38. The number of nitrogens with one attached hydrogen (secondary N) is 1. The number of carbonyl (C=O) groups excluding carboxylic acids is 1. The number of furan rings is 1. The van der Waals surface area contributed by atoms with E-state index in [4.69, 9.17) is 9.15 Å². The average Bonchev–Trinajstić information content (AvgIpc) is 3.15. The average molecular weight is 321 g/mol. The summed E-state index contributed by atoms with van der Waals surface area (Å²) < 4.78 is 10.8. The van der Waals surface area contributed by atoms with Gasteiger partial charge in [0.2, 0.25) is 0 Å². The molecule has 2 aliphatic rings. The molecule has 0 bridgehead atoms. The van der Waals surface area contributed by atoms with Crippen molar-refractivity contribution in [2.24, 2.45) is 11.3 Å². The normalized spacial score (nSPS) is 23.6. The van der Waals surface area contributed by atoms with Crippen LogP contribution in [0.2, 0.25) is 0 Å². The maximum absolute atomic E-state index is 12.5. The Morgan fingerprint density at radius 1 is 1.43 bits per heavy atom. The van der Waals surface area contributed by atoms with Gasteiger partial charge < -0.3 is 24.3 Å². The van der Waals surface area contributed by atoms with E-state index in [1.807, 2.05) is 17.0 Å². The monoisotopic (exact) mass is 321 g/mol. The van der Waals surface area contributed by atoms with Crippen LogP contribution in [0.5, 0.6) is 0 Å². The van der Waals surface area contributed by atoms with Gasteiger partial charge in [0.1, 0.15) is 5.76 Å². The first-order valence-corrected chi connectivity index (χ1v) is 8.37. The number of hydrogen-bond acceptors (Lipinski definition) is 4. The number of ether oxygens (including phenoxy) is 1. The highest BCUT2D eigenvalue weighted by molar-refractivity contribution is 5.74. The van der Waals surface area contributed by atoms with E-state index in [0.29, 0.717) is 12.5 Å². The molecule has 1 aromatic heterocycles. The molecule has 0 aliphatic carbocycles. The van der Waals surface area contributed by atoms with E-state index >= 15 is 0 Å². The first-order valence-electron chi connectivity index (χ1n) is 8.37. The Bertz CT molecular complexity index is 509. The summed E-state index contributed by atoms with van der Waals surface area (Å²) in [7, 11) is 4.21. The Morgan fingerprint density at radius 3 is 2.87 bits per heavy atom. The zero-order valence-electron chi connectivity index (χ0n) is 14.1. The number of nitrogens with zero attached hydrogens (tertiary/aromatic N) is 2. The van der Waals surface area contributed by atoms with E-state index in [2.05, 4.69) is 24.3 Å². The molecule has 2 saturated heterocycles. The van der Waals surface area contributed by atoms with Gasteiger partial charge in [-0.25, -0.2) is 4.79 Å². The van der Waals surface area contributed by atoms with Crippen molar-refractivity contribution < 1.29 is 13.9 Å². The van der Waals surface area contributed by atoms with E-state index in [-0.39, 0.29) is 11.4 Å². The molecule has 1 unspecified atom stereocenters. The minimum atomic E-state index is 0.00789. The van der Waals surface area contributed by atoms with Gasteiger partial charge in [0.15, 0.2) is 0 Å². The van der Waals surface area contributed by atoms with Gasteiger partial charge in [0.05, 0.1) is 12.8 Å². The topological polar surface area (TPSA) is 58.0 Å².